The molecule has 1 unspecified atom stereocenters. The van der Waals surface area contributed by atoms with Gasteiger partial charge in [0.1, 0.15) is 5.75 Å². The van der Waals surface area contributed by atoms with E-state index in [0.29, 0.717) is 0 Å². The topological polar surface area (TPSA) is 24.5 Å². The van der Waals surface area contributed by atoms with E-state index in [4.69, 9.17) is 4.74 Å². The summed E-state index contributed by atoms with van der Waals surface area (Å²) < 4.78 is 5.26. The van der Waals surface area contributed by atoms with Crippen molar-refractivity contribution in [3.63, 3.8) is 0 Å². The van der Waals surface area contributed by atoms with Crippen LogP contribution in [0.25, 0.3) is 0 Å². The van der Waals surface area contributed by atoms with Gasteiger partial charge >= 0.3 is 0 Å². The van der Waals surface area contributed by atoms with Gasteiger partial charge in [0, 0.05) is 18.6 Å². The number of nitrogens with zero attached hydrogens (tertiary/aromatic N) is 1. The lowest BCUT2D eigenvalue weighted by molar-refractivity contribution is 0.233. The van der Waals surface area contributed by atoms with Gasteiger partial charge in [-0.05, 0) is 51.1 Å². The molecule has 0 radical (unpaired) electrons. The fourth-order valence-corrected chi connectivity index (χ4v) is 2.83. The fraction of sp³-hybridized carbons (Fsp3) is 0.600. The third-order valence-electron chi connectivity index (χ3n) is 3.66. The van der Waals surface area contributed by atoms with Crippen LogP contribution in [0.15, 0.2) is 24.3 Å². The van der Waals surface area contributed by atoms with Crippen molar-refractivity contribution >= 4 is 0 Å². The predicted octanol–water partition coefficient (Wildman–Crippen LogP) is 2.27. The Balaban J connectivity index is 1.91. The SMILES string of the molecule is COc1cccc(CN(C)CC2(C)CCCN2)c1. The zero-order valence-electron chi connectivity index (χ0n) is 11.7. The summed E-state index contributed by atoms with van der Waals surface area (Å²) in [5, 5.41) is 3.61. The van der Waals surface area contributed by atoms with Crippen LogP contribution in [-0.4, -0.2) is 37.7 Å². The molecule has 0 spiro atoms. The van der Waals surface area contributed by atoms with Gasteiger partial charge in [0.2, 0.25) is 0 Å². The largest absolute Gasteiger partial charge is 0.497 e. The lowest BCUT2D eigenvalue weighted by Gasteiger charge is -2.30. The Labute approximate surface area is 110 Å². The highest BCUT2D eigenvalue weighted by molar-refractivity contribution is 5.28. The highest BCUT2D eigenvalue weighted by Crippen LogP contribution is 2.20. The first kappa shape index (κ1) is 13.4. The molecule has 0 bridgehead atoms. The van der Waals surface area contributed by atoms with E-state index in [1.54, 1.807) is 7.11 Å². The van der Waals surface area contributed by atoms with Crippen molar-refractivity contribution < 1.29 is 4.74 Å². The zero-order chi connectivity index (χ0) is 13.0. The highest BCUT2D eigenvalue weighted by atomic mass is 16.5. The van der Waals surface area contributed by atoms with Crippen molar-refractivity contribution in [1.82, 2.24) is 10.2 Å². The van der Waals surface area contributed by atoms with Crippen molar-refractivity contribution in [2.75, 3.05) is 27.2 Å². The Hall–Kier alpha value is -1.06. The average molecular weight is 248 g/mol. The number of benzene rings is 1. The summed E-state index contributed by atoms with van der Waals surface area (Å²) in [6.45, 7) is 5.53. The Kier molecular flexibility index (Phi) is 4.25. The maximum absolute atomic E-state index is 5.26. The van der Waals surface area contributed by atoms with E-state index in [-0.39, 0.29) is 5.54 Å². The molecule has 1 N–H and O–H groups in total. The Morgan fingerprint density at radius 2 is 2.28 bits per heavy atom. The van der Waals surface area contributed by atoms with Crippen LogP contribution in [0.5, 0.6) is 5.75 Å². The van der Waals surface area contributed by atoms with Crippen LogP contribution >= 0.6 is 0 Å². The molecule has 1 aliphatic heterocycles. The third-order valence-corrected chi connectivity index (χ3v) is 3.66. The summed E-state index contributed by atoms with van der Waals surface area (Å²) in [5.41, 5.74) is 1.59. The molecule has 0 saturated carbocycles. The van der Waals surface area contributed by atoms with Gasteiger partial charge in [-0.2, -0.15) is 0 Å². The van der Waals surface area contributed by atoms with Crippen LogP contribution in [0, 0.1) is 0 Å². The summed E-state index contributed by atoms with van der Waals surface area (Å²) >= 11 is 0. The van der Waals surface area contributed by atoms with Gasteiger partial charge in [0.25, 0.3) is 0 Å². The number of nitrogens with one attached hydrogen (secondary N) is 1. The van der Waals surface area contributed by atoms with Crippen molar-refractivity contribution in [2.45, 2.75) is 31.8 Å². The first-order chi connectivity index (χ1) is 8.61. The molecule has 1 aliphatic rings. The maximum Gasteiger partial charge on any atom is 0.119 e. The second-order valence-corrected chi connectivity index (χ2v) is 5.61. The second-order valence-electron chi connectivity index (χ2n) is 5.61. The normalized spacial score (nSPS) is 23.6. The second kappa shape index (κ2) is 5.72. The van der Waals surface area contributed by atoms with Crippen molar-refractivity contribution in [2.24, 2.45) is 0 Å². The number of likely N-dealkylation sites (N-methyl/N-ethyl adjacent to an activating group) is 1. The summed E-state index contributed by atoms with van der Waals surface area (Å²) in [6.07, 6.45) is 2.57. The standard InChI is InChI=1S/C15H24N2O/c1-15(8-5-9-16-15)12-17(2)11-13-6-4-7-14(10-13)18-3/h4,6-7,10,16H,5,8-9,11-12H2,1-3H3. The van der Waals surface area contributed by atoms with Gasteiger partial charge in [0.15, 0.2) is 0 Å². The third kappa shape index (κ3) is 3.47. The number of rotatable bonds is 5. The molecule has 1 heterocycles. The minimum atomic E-state index is 0.285. The Bertz CT molecular complexity index is 386. The van der Waals surface area contributed by atoms with Crippen molar-refractivity contribution in [1.29, 1.82) is 0 Å². The quantitative estimate of drug-likeness (QED) is 0.865. The number of ether oxygens (including phenoxy) is 1. The van der Waals surface area contributed by atoms with E-state index in [1.165, 1.54) is 18.4 Å². The lowest BCUT2D eigenvalue weighted by Crippen LogP contribution is -2.46. The molecule has 0 aromatic heterocycles. The van der Waals surface area contributed by atoms with Gasteiger partial charge in [-0.15, -0.1) is 0 Å². The molecular weight excluding hydrogens is 224 g/mol. The first-order valence-electron chi connectivity index (χ1n) is 6.68. The molecule has 2 rings (SSSR count). The van der Waals surface area contributed by atoms with E-state index in [2.05, 4.69) is 42.4 Å². The molecule has 1 atom stereocenters. The van der Waals surface area contributed by atoms with E-state index < -0.39 is 0 Å². The average Bonchev–Trinajstić information content (AvgIpc) is 2.75. The summed E-state index contributed by atoms with van der Waals surface area (Å²) in [5.74, 6) is 0.936. The van der Waals surface area contributed by atoms with Gasteiger partial charge in [-0.1, -0.05) is 12.1 Å². The van der Waals surface area contributed by atoms with Gasteiger partial charge in [0.05, 0.1) is 7.11 Å². The molecule has 1 saturated heterocycles. The van der Waals surface area contributed by atoms with Crippen LogP contribution < -0.4 is 10.1 Å². The molecule has 3 nitrogen and oxygen atoms in total. The lowest BCUT2D eigenvalue weighted by atomic mass is 9.99. The Morgan fingerprint density at radius 3 is 2.94 bits per heavy atom. The smallest absolute Gasteiger partial charge is 0.119 e. The van der Waals surface area contributed by atoms with Crippen molar-refractivity contribution in [3.05, 3.63) is 29.8 Å². The van der Waals surface area contributed by atoms with Gasteiger partial charge < -0.3 is 15.0 Å². The van der Waals surface area contributed by atoms with Crippen LogP contribution in [0.3, 0.4) is 0 Å². The molecule has 0 amide bonds. The molecule has 18 heavy (non-hydrogen) atoms. The highest BCUT2D eigenvalue weighted by Gasteiger charge is 2.28. The monoisotopic (exact) mass is 248 g/mol. The molecule has 0 aliphatic carbocycles. The minimum absolute atomic E-state index is 0.285. The van der Waals surface area contributed by atoms with Gasteiger partial charge in [-0.25, -0.2) is 0 Å². The van der Waals surface area contributed by atoms with Crippen molar-refractivity contribution in [3.8, 4) is 5.75 Å². The van der Waals surface area contributed by atoms with E-state index in [1.807, 2.05) is 6.07 Å². The number of hydrogen-bond donors (Lipinski definition) is 1. The molecule has 1 fully saturated rings. The molecule has 1 aromatic rings. The molecular formula is C15H24N2O. The minimum Gasteiger partial charge on any atom is -0.497 e. The summed E-state index contributed by atoms with van der Waals surface area (Å²) in [7, 11) is 3.90. The first-order valence-corrected chi connectivity index (χ1v) is 6.68. The van der Waals surface area contributed by atoms with Crippen LogP contribution in [0.2, 0.25) is 0 Å². The molecule has 1 aromatic carbocycles. The van der Waals surface area contributed by atoms with E-state index in [0.717, 1.165) is 25.4 Å². The predicted molar refractivity (Wildman–Crippen MR) is 75.0 cm³/mol. The zero-order valence-corrected chi connectivity index (χ0v) is 11.7. The van der Waals surface area contributed by atoms with Crippen LogP contribution in [-0.2, 0) is 6.54 Å². The van der Waals surface area contributed by atoms with Crippen LogP contribution in [0.4, 0.5) is 0 Å². The fourth-order valence-electron chi connectivity index (χ4n) is 2.83. The van der Waals surface area contributed by atoms with E-state index >= 15 is 0 Å². The number of hydrogen-bond acceptors (Lipinski definition) is 3. The summed E-state index contributed by atoms with van der Waals surface area (Å²) in [4.78, 5) is 2.38. The van der Waals surface area contributed by atoms with E-state index in [9.17, 15) is 0 Å². The Morgan fingerprint density at radius 1 is 1.44 bits per heavy atom. The molecule has 3 heteroatoms. The molecule has 100 valence electrons. The van der Waals surface area contributed by atoms with Gasteiger partial charge in [-0.3, -0.25) is 0 Å². The van der Waals surface area contributed by atoms with Crippen LogP contribution in [0.1, 0.15) is 25.3 Å². The maximum atomic E-state index is 5.26. The number of methoxy groups -OCH3 is 1. The summed E-state index contributed by atoms with van der Waals surface area (Å²) in [6, 6.07) is 8.31.